The van der Waals surface area contributed by atoms with E-state index in [4.69, 9.17) is 4.52 Å². The molecule has 1 saturated heterocycles. The van der Waals surface area contributed by atoms with Crippen LogP contribution < -0.4 is 0 Å². The van der Waals surface area contributed by atoms with Crippen LogP contribution in [0.5, 0.6) is 0 Å². The van der Waals surface area contributed by atoms with Gasteiger partial charge in [0.2, 0.25) is 5.89 Å². The minimum absolute atomic E-state index is 0.0766. The van der Waals surface area contributed by atoms with Crippen LogP contribution in [0, 0.1) is 0 Å². The summed E-state index contributed by atoms with van der Waals surface area (Å²) in [5.41, 5.74) is 0. The summed E-state index contributed by atoms with van der Waals surface area (Å²) in [5.74, 6) is 3.97. The molecule has 0 spiro atoms. The van der Waals surface area contributed by atoms with Crippen molar-refractivity contribution in [2.75, 3.05) is 13.1 Å². The fourth-order valence-corrected chi connectivity index (χ4v) is 4.15. The third-order valence-electron chi connectivity index (χ3n) is 5.56. The van der Waals surface area contributed by atoms with Gasteiger partial charge in [-0.15, -0.1) is 10.2 Å². The molecule has 0 amide bonds. The van der Waals surface area contributed by atoms with Gasteiger partial charge >= 0.3 is 0 Å². The highest BCUT2D eigenvalue weighted by Gasteiger charge is 2.28. The molecule has 0 aromatic carbocycles. The first-order valence-electron chi connectivity index (χ1n) is 9.28. The molecular weight excluding hydrogens is 320 g/mol. The maximum Gasteiger partial charge on any atom is 0.229 e. The van der Waals surface area contributed by atoms with Crippen molar-refractivity contribution in [2.45, 2.75) is 63.5 Å². The minimum Gasteiger partial charge on any atom is -0.388 e. The zero-order valence-corrected chi connectivity index (χ0v) is 14.8. The van der Waals surface area contributed by atoms with E-state index in [0.717, 1.165) is 50.0 Å². The van der Waals surface area contributed by atoms with Gasteiger partial charge in [0.1, 0.15) is 12.4 Å². The number of piperidine rings is 1. The monoisotopic (exact) mass is 346 g/mol. The maximum atomic E-state index is 9.31. The van der Waals surface area contributed by atoms with Crippen molar-refractivity contribution < 1.29 is 9.63 Å². The summed E-state index contributed by atoms with van der Waals surface area (Å²) < 4.78 is 7.41. The first-order valence-corrected chi connectivity index (χ1v) is 9.28. The molecule has 4 rings (SSSR count). The second-order valence-electron chi connectivity index (χ2n) is 7.30. The van der Waals surface area contributed by atoms with Crippen LogP contribution in [-0.2, 0) is 20.2 Å². The summed E-state index contributed by atoms with van der Waals surface area (Å²) in [6.45, 7) is 2.59. The van der Waals surface area contributed by atoms with Crippen LogP contribution in [0.1, 0.15) is 73.7 Å². The number of likely N-dealkylation sites (tertiary alicyclic amines) is 1. The number of hydrogen-bond donors (Lipinski definition) is 1. The second-order valence-corrected chi connectivity index (χ2v) is 7.30. The number of hydrogen-bond acceptors (Lipinski definition) is 7. The predicted octanol–water partition coefficient (Wildman–Crippen LogP) is 1.73. The van der Waals surface area contributed by atoms with Crippen LogP contribution in [0.4, 0.5) is 0 Å². The molecule has 1 aliphatic carbocycles. The van der Waals surface area contributed by atoms with Gasteiger partial charge in [-0.05, 0) is 32.2 Å². The van der Waals surface area contributed by atoms with Gasteiger partial charge < -0.3 is 14.2 Å². The van der Waals surface area contributed by atoms with Crippen molar-refractivity contribution in [3.63, 3.8) is 0 Å². The summed E-state index contributed by atoms with van der Waals surface area (Å²) in [6.07, 6.45) is 7.08. The maximum absolute atomic E-state index is 9.31. The van der Waals surface area contributed by atoms with Crippen LogP contribution >= 0.6 is 0 Å². The Morgan fingerprint density at radius 3 is 2.68 bits per heavy atom. The molecule has 0 radical (unpaired) electrons. The Kier molecular flexibility index (Phi) is 4.80. The fraction of sp³-hybridized carbons (Fsp3) is 0.765. The Balaban J connectivity index is 1.40. The molecule has 1 aliphatic heterocycles. The molecule has 8 nitrogen and oxygen atoms in total. The molecule has 1 atom stereocenters. The van der Waals surface area contributed by atoms with E-state index in [2.05, 4.69) is 25.2 Å². The number of aliphatic hydroxyl groups excluding tert-OH is 1. The quantitative estimate of drug-likeness (QED) is 0.881. The van der Waals surface area contributed by atoms with E-state index in [-0.39, 0.29) is 6.61 Å². The van der Waals surface area contributed by atoms with Crippen LogP contribution in [0.2, 0.25) is 0 Å². The van der Waals surface area contributed by atoms with E-state index >= 15 is 0 Å². The Hall–Kier alpha value is -1.80. The lowest BCUT2D eigenvalue weighted by Gasteiger charge is -2.31. The summed E-state index contributed by atoms with van der Waals surface area (Å²) in [4.78, 5) is 7.00. The molecular formula is C17H26N6O2. The zero-order chi connectivity index (χ0) is 17.2. The van der Waals surface area contributed by atoms with Crippen molar-refractivity contribution in [2.24, 2.45) is 7.05 Å². The largest absolute Gasteiger partial charge is 0.388 e. The molecule has 136 valence electrons. The van der Waals surface area contributed by atoms with Crippen molar-refractivity contribution >= 4 is 0 Å². The number of nitrogens with zero attached hydrogens (tertiary/aromatic N) is 6. The minimum atomic E-state index is -0.0766. The highest BCUT2D eigenvalue weighted by Crippen LogP contribution is 2.33. The van der Waals surface area contributed by atoms with Crippen molar-refractivity contribution in [3.8, 4) is 0 Å². The van der Waals surface area contributed by atoms with Gasteiger partial charge in [-0.25, -0.2) is 0 Å². The predicted molar refractivity (Wildman–Crippen MR) is 89.7 cm³/mol. The van der Waals surface area contributed by atoms with Gasteiger partial charge in [0.15, 0.2) is 11.6 Å². The Morgan fingerprint density at radius 1 is 1.12 bits per heavy atom. The van der Waals surface area contributed by atoms with Gasteiger partial charge in [0.25, 0.3) is 0 Å². The lowest BCUT2D eigenvalue weighted by Crippen LogP contribution is -2.35. The first kappa shape index (κ1) is 16.7. The van der Waals surface area contributed by atoms with E-state index in [1.54, 1.807) is 0 Å². The van der Waals surface area contributed by atoms with E-state index in [0.29, 0.717) is 17.7 Å². The topological polar surface area (TPSA) is 93.1 Å². The molecule has 1 saturated carbocycles. The van der Waals surface area contributed by atoms with Crippen molar-refractivity contribution in [1.29, 1.82) is 0 Å². The lowest BCUT2D eigenvalue weighted by molar-refractivity contribution is 0.188. The van der Waals surface area contributed by atoms with Gasteiger partial charge in [0.05, 0.1) is 6.54 Å². The number of rotatable bonds is 5. The zero-order valence-electron chi connectivity index (χ0n) is 14.8. The lowest BCUT2D eigenvalue weighted by atomic mass is 9.97. The average Bonchev–Trinajstić information content (AvgIpc) is 3.35. The third kappa shape index (κ3) is 3.46. The average molecular weight is 346 g/mol. The Morgan fingerprint density at radius 2 is 1.92 bits per heavy atom. The highest BCUT2D eigenvalue weighted by molar-refractivity contribution is 5.04. The van der Waals surface area contributed by atoms with E-state index in [1.807, 2.05) is 11.6 Å². The molecule has 25 heavy (non-hydrogen) atoms. The van der Waals surface area contributed by atoms with Gasteiger partial charge in [-0.3, -0.25) is 4.90 Å². The van der Waals surface area contributed by atoms with Crippen LogP contribution in [0.3, 0.4) is 0 Å². The fourth-order valence-electron chi connectivity index (χ4n) is 4.15. The molecule has 0 bridgehead atoms. The molecule has 2 aliphatic rings. The summed E-state index contributed by atoms with van der Waals surface area (Å²) >= 11 is 0. The van der Waals surface area contributed by atoms with Gasteiger partial charge in [-0.1, -0.05) is 18.0 Å². The van der Waals surface area contributed by atoms with Gasteiger partial charge in [-0.2, -0.15) is 4.98 Å². The molecule has 2 aromatic heterocycles. The Labute approximate surface area is 147 Å². The van der Waals surface area contributed by atoms with Crippen LogP contribution in [-0.4, -0.2) is 48.0 Å². The summed E-state index contributed by atoms with van der Waals surface area (Å²) in [7, 11) is 1.92. The van der Waals surface area contributed by atoms with Crippen molar-refractivity contribution in [1.82, 2.24) is 29.8 Å². The second kappa shape index (κ2) is 7.21. The number of aliphatic hydroxyl groups is 1. The van der Waals surface area contributed by atoms with E-state index in [9.17, 15) is 5.11 Å². The van der Waals surface area contributed by atoms with E-state index in [1.165, 1.54) is 25.7 Å². The van der Waals surface area contributed by atoms with Crippen molar-refractivity contribution in [3.05, 3.63) is 23.4 Å². The summed E-state index contributed by atoms with van der Waals surface area (Å²) in [5, 5.41) is 21.9. The van der Waals surface area contributed by atoms with E-state index < -0.39 is 0 Å². The third-order valence-corrected chi connectivity index (χ3v) is 5.56. The standard InChI is InChI=1S/C17H26N6O2/c1-22-15(11-24)19-20-16(22)13-7-4-8-23(9-13)10-14-18-17(25-21-14)12-5-2-3-6-12/h12-13,24H,2-11H2,1H3. The van der Waals surface area contributed by atoms with Crippen LogP contribution in [0.25, 0.3) is 0 Å². The first-order chi connectivity index (χ1) is 12.2. The smallest absolute Gasteiger partial charge is 0.229 e. The van der Waals surface area contributed by atoms with Crippen LogP contribution in [0.15, 0.2) is 4.52 Å². The highest BCUT2D eigenvalue weighted by atomic mass is 16.5. The molecule has 2 fully saturated rings. The molecule has 1 N–H and O–H groups in total. The molecule has 2 aromatic rings. The Bertz CT molecular complexity index is 706. The molecule has 1 unspecified atom stereocenters. The van der Waals surface area contributed by atoms with Gasteiger partial charge in [0, 0.05) is 25.4 Å². The molecule has 3 heterocycles. The SMILES string of the molecule is Cn1c(CO)nnc1C1CCCN(Cc2noc(C3CCCC3)n2)C1. The molecule has 8 heteroatoms. The normalized spacial score (nSPS) is 22.7. The number of aromatic nitrogens is 5. The summed E-state index contributed by atoms with van der Waals surface area (Å²) in [6, 6.07) is 0.